The number of piperazine rings is 1. The summed E-state index contributed by atoms with van der Waals surface area (Å²) in [6.45, 7) is 9.17. The molecule has 0 atom stereocenters. The van der Waals surface area contributed by atoms with Crippen LogP contribution < -0.4 is 4.90 Å². The van der Waals surface area contributed by atoms with Crippen LogP contribution in [0.2, 0.25) is 0 Å². The zero-order valence-corrected chi connectivity index (χ0v) is 16.8. The molecule has 1 saturated heterocycles. The van der Waals surface area contributed by atoms with Gasteiger partial charge in [0.25, 0.3) is 0 Å². The molecule has 5 nitrogen and oxygen atoms in total. The van der Waals surface area contributed by atoms with Gasteiger partial charge in [-0.2, -0.15) is 13.2 Å². The maximum atomic E-state index is 12.7. The standard InChI is InChI=1S/C21H26F3N3O2/c1-20(2,3)16-10-14(19(29)17(28)11-16)13-26-6-8-27(9-7-26)18-5-4-15(12-25-18)21(22,23)24/h4-5,10-12,28-29H,6-9,13H2,1-3H3. The third-order valence-corrected chi connectivity index (χ3v) is 5.20. The molecular weight excluding hydrogens is 383 g/mol. The Hall–Kier alpha value is -2.48. The first-order valence-corrected chi connectivity index (χ1v) is 9.51. The number of nitrogens with zero attached hydrogens (tertiary/aromatic N) is 3. The lowest BCUT2D eigenvalue weighted by Gasteiger charge is -2.35. The first-order chi connectivity index (χ1) is 13.4. The summed E-state index contributed by atoms with van der Waals surface area (Å²) in [5.41, 5.74) is 0.688. The lowest BCUT2D eigenvalue weighted by atomic mass is 9.85. The van der Waals surface area contributed by atoms with Gasteiger partial charge in [0.1, 0.15) is 5.82 Å². The molecule has 0 aliphatic carbocycles. The van der Waals surface area contributed by atoms with Gasteiger partial charge in [0, 0.05) is 44.5 Å². The minimum atomic E-state index is -4.39. The number of halogens is 3. The molecule has 1 aliphatic heterocycles. The van der Waals surface area contributed by atoms with Crippen LogP contribution in [0.15, 0.2) is 30.5 Å². The van der Waals surface area contributed by atoms with E-state index in [1.807, 2.05) is 31.7 Å². The highest BCUT2D eigenvalue weighted by Crippen LogP contribution is 2.36. The highest BCUT2D eigenvalue weighted by atomic mass is 19.4. The van der Waals surface area contributed by atoms with E-state index < -0.39 is 11.7 Å². The van der Waals surface area contributed by atoms with Crippen LogP contribution in [-0.4, -0.2) is 46.3 Å². The van der Waals surface area contributed by atoms with Gasteiger partial charge in [-0.15, -0.1) is 0 Å². The summed E-state index contributed by atoms with van der Waals surface area (Å²) < 4.78 is 38.1. The number of anilines is 1. The van der Waals surface area contributed by atoms with Crippen molar-refractivity contribution in [1.29, 1.82) is 0 Å². The number of phenolic OH excluding ortho intramolecular Hbond substituents is 2. The normalized spacial score (nSPS) is 16.3. The SMILES string of the molecule is CC(C)(C)c1cc(O)c(O)c(CN2CCN(c3ccc(C(F)(F)F)cn3)CC2)c1. The summed E-state index contributed by atoms with van der Waals surface area (Å²) in [5.74, 6) is 0.290. The van der Waals surface area contributed by atoms with E-state index in [-0.39, 0.29) is 16.9 Å². The molecule has 0 bridgehead atoms. The summed E-state index contributed by atoms with van der Waals surface area (Å²) in [5, 5.41) is 20.3. The van der Waals surface area contributed by atoms with E-state index in [0.29, 0.717) is 44.1 Å². The molecule has 1 fully saturated rings. The van der Waals surface area contributed by atoms with E-state index in [2.05, 4.69) is 9.88 Å². The number of hydrogen-bond acceptors (Lipinski definition) is 5. The van der Waals surface area contributed by atoms with Crippen molar-refractivity contribution in [3.05, 3.63) is 47.2 Å². The first-order valence-electron chi connectivity index (χ1n) is 9.51. The number of alkyl halides is 3. The van der Waals surface area contributed by atoms with Crippen LogP contribution in [0, 0.1) is 0 Å². The van der Waals surface area contributed by atoms with Crippen LogP contribution in [0.1, 0.15) is 37.5 Å². The van der Waals surface area contributed by atoms with E-state index in [0.717, 1.165) is 17.8 Å². The number of hydrogen-bond donors (Lipinski definition) is 2. The number of benzene rings is 1. The quantitative estimate of drug-likeness (QED) is 0.747. The second-order valence-electron chi connectivity index (χ2n) is 8.42. The lowest BCUT2D eigenvalue weighted by molar-refractivity contribution is -0.137. The van der Waals surface area contributed by atoms with Gasteiger partial charge in [-0.1, -0.05) is 26.8 Å². The molecule has 0 amide bonds. The van der Waals surface area contributed by atoms with Crippen molar-refractivity contribution in [1.82, 2.24) is 9.88 Å². The first kappa shape index (κ1) is 21.2. The third-order valence-electron chi connectivity index (χ3n) is 5.20. The molecule has 1 aromatic carbocycles. The lowest BCUT2D eigenvalue weighted by Crippen LogP contribution is -2.46. The number of aromatic nitrogens is 1. The van der Waals surface area contributed by atoms with Crippen LogP contribution >= 0.6 is 0 Å². The van der Waals surface area contributed by atoms with Crippen molar-refractivity contribution in [2.75, 3.05) is 31.1 Å². The van der Waals surface area contributed by atoms with Crippen molar-refractivity contribution in [2.24, 2.45) is 0 Å². The highest BCUT2D eigenvalue weighted by molar-refractivity contribution is 5.49. The molecule has 158 valence electrons. The molecule has 2 N–H and O–H groups in total. The van der Waals surface area contributed by atoms with E-state index in [1.54, 1.807) is 6.07 Å². The molecule has 0 spiro atoms. The molecule has 0 saturated carbocycles. The average molecular weight is 409 g/mol. The third kappa shape index (κ3) is 4.93. The summed E-state index contributed by atoms with van der Waals surface area (Å²) >= 11 is 0. The zero-order chi connectivity index (χ0) is 21.4. The Labute approximate surface area is 168 Å². The Morgan fingerprint density at radius 3 is 2.14 bits per heavy atom. The van der Waals surface area contributed by atoms with E-state index in [4.69, 9.17) is 0 Å². The predicted octanol–water partition coefficient (Wildman–Crippen LogP) is 4.13. The van der Waals surface area contributed by atoms with Crippen molar-refractivity contribution in [3.63, 3.8) is 0 Å². The molecule has 1 aromatic heterocycles. The zero-order valence-electron chi connectivity index (χ0n) is 16.8. The van der Waals surface area contributed by atoms with Crippen molar-refractivity contribution >= 4 is 5.82 Å². The Bertz CT molecular complexity index is 853. The second kappa shape index (κ2) is 7.74. The van der Waals surface area contributed by atoms with Crippen LogP contribution in [0.3, 0.4) is 0 Å². The Balaban J connectivity index is 1.65. The number of pyridine rings is 1. The molecule has 1 aliphatic rings. The van der Waals surface area contributed by atoms with Crippen molar-refractivity contribution < 1.29 is 23.4 Å². The molecule has 29 heavy (non-hydrogen) atoms. The van der Waals surface area contributed by atoms with E-state index >= 15 is 0 Å². The number of phenols is 2. The monoisotopic (exact) mass is 409 g/mol. The summed E-state index contributed by atoms with van der Waals surface area (Å²) in [6, 6.07) is 5.95. The minimum Gasteiger partial charge on any atom is -0.504 e. The van der Waals surface area contributed by atoms with Crippen LogP contribution in [0.25, 0.3) is 0 Å². The Morgan fingerprint density at radius 1 is 0.966 bits per heavy atom. The molecule has 0 unspecified atom stereocenters. The van der Waals surface area contributed by atoms with Gasteiger partial charge in [0.2, 0.25) is 0 Å². The number of rotatable bonds is 3. The van der Waals surface area contributed by atoms with Crippen molar-refractivity contribution in [3.8, 4) is 11.5 Å². The maximum absolute atomic E-state index is 12.7. The highest BCUT2D eigenvalue weighted by Gasteiger charge is 2.31. The molecule has 0 radical (unpaired) electrons. The Morgan fingerprint density at radius 2 is 1.62 bits per heavy atom. The fourth-order valence-corrected chi connectivity index (χ4v) is 3.35. The van der Waals surface area contributed by atoms with Gasteiger partial charge in [-0.3, -0.25) is 4.90 Å². The van der Waals surface area contributed by atoms with Crippen LogP contribution in [-0.2, 0) is 18.1 Å². The topological polar surface area (TPSA) is 59.8 Å². The van der Waals surface area contributed by atoms with Gasteiger partial charge < -0.3 is 15.1 Å². The molecule has 2 heterocycles. The summed E-state index contributed by atoms with van der Waals surface area (Å²) in [4.78, 5) is 8.04. The summed E-state index contributed by atoms with van der Waals surface area (Å²) in [6.07, 6.45) is -3.53. The van der Waals surface area contributed by atoms with Gasteiger partial charge in [-0.25, -0.2) is 4.98 Å². The van der Waals surface area contributed by atoms with Crippen LogP contribution in [0.4, 0.5) is 19.0 Å². The fourth-order valence-electron chi connectivity index (χ4n) is 3.35. The van der Waals surface area contributed by atoms with Gasteiger partial charge in [-0.05, 0) is 29.2 Å². The van der Waals surface area contributed by atoms with Crippen molar-refractivity contribution in [2.45, 2.75) is 38.9 Å². The van der Waals surface area contributed by atoms with Gasteiger partial charge >= 0.3 is 6.18 Å². The predicted molar refractivity (Wildman–Crippen MR) is 105 cm³/mol. The smallest absolute Gasteiger partial charge is 0.417 e. The van der Waals surface area contributed by atoms with Crippen LogP contribution in [0.5, 0.6) is 11.5 Å². The van der Waals surface area contributed by atoms with Gasteiger partial charge in [0.05, 0.1) is 5.56 Å². The maximum Gasteiger partial charge on any atom is 0.417 e. The number of aromatic hydroxyl groups is 2. The summed E-state index contributed by atoms with van der Waals surface area (Å²) in [7, 11) is 0. The average Bonchev–Trinajstić information content (AvgIpc) is 2.64. The second-order valence-corrected chi connectivity index (χ2v) is 8.42. The van der Waals surface area contributed by atoms with E-state index in [9.17, 15) is 23.4 Å². The molecular formula is C21H26F3N3O2. The van der Waals surface area contributed by atoms with E-state index in [1.165, 1.54) is 6.07 Å². The fraction of sp³-hybridized carbons (Fsp3) is 0.476. The largest absolute Gasteiger partial charge is 0.504 e. The molecule has 3 rings (SSSR count). The van der Waals surface area contributed by atoms with Gasteiger partial charge in [0.15, 0.2) is 11.5 Å². The molecule has 8 heteroatoms. The molecule has 2 aromatic rings. The minimum absolute atomic E-state index is 0.107. The Kier molecular flexibility index (Phi) is 5.67.